The number of hydrogen-bond donors (Lipinski definition) is 1. The second-order valence-electron chi connectivity index (χ2n) is 7.22. The van der Waals surface area contributed by atoms with E-state index in [1.54, 1.807) is 7.11 Å². The molecule has 1 aliphatic heterocycles. The molecule has 1 saturated heterocycles. The summed E-state index contributed by atoms with van der Waals surface area (Å²) in [5, 5.41) is 2.94. The zero-order chi connectivity index (χ0) is 20.2. The van der Waals surface area contributed by atoms with Gasteiger partial charge in [-0.1, -0.05) is 6.07 Å². The fourth-order valence-corrected chi connectivity index (χ4v) is 3.56. The highest BCUT2D eigenvalue weighted by Gasteiger charge is 2.16. The van der Waals surface area contributed by atoms with Crippen molar-refractivity contribution < 1.29 is 13.9 Å². The number of aromatic nitrogens is 1. The Balaban J connectivity index is 1.41. The van der Waals surface area contributed by atoms with Crippen LogP contribution in [0, 0.1) is 6.92 Å². The van der Waals surface area contributed by atoms with Gasteiger partial charge in [-0.15, -0.1) is 0 Å². The summed E-state index contributed by atoms with van der Waals surface area (Å²) in [7, 11) is 1.62. The fourth-order valence-electron chi connectivity index (χ4n) is 3.56. The average Bonchev–Trinajstić information content (AvgIpc) is 3.39. The number of methoxy groups -OCH3 is 1. The van der Waals surface area contributed by atoms with E-state index in [1.807, 2.05) is 43.3 Å². The maximum absolute atomic E-state index is 12.5. The Morgan fingerprint density at radius 3 is 2.66 bits per heavy atom. The van der Waals surface area contributed by atoms with Gasteiger partial charge in [-0.2, -0.15) is 0 Å². The zero-order valence-electron chi connectivity index (χ0n) is 16.8. The minimum atomic E-state index is -0.118. The molecule has 4 rings (SSSR count). The number of aryl methyl sites for hydroxylation is 1. The van der Waals surface area contributed by atoms with Crippen LogP contribution < -0.4 is 15.0 Å². The molecule has 0 unspecified atom stereocenters. The summed E-state index contributed by atoms with van der Waals surface area (Å²) in [6.45, 7) is 4.03. The molecule has 1 fully saturated rings. The van der Waals surface area contributed by atoms with Crippen molar-refractivity contribution in [2.45, 2.75) is 26.2 Å². The number of hydrogen-bond acceptors (Lipinski definition) is 5. The topological polar surface area (TPSA) is 67.6 Å². The number of oxazole rings is 1. The van der Waals surface area contributed by atoms with Crippen molar-refractivity contribution >= 4 is 17.3 Å². The number of ether oxygens (including phenoxy) is 1. The van der Waals surface area contributed by atoms with Crippen LogP contribution in [0.1, 0.15) is 24.3 Å². The van der Waals surface area contributed by atoms with E-state index >= 15 is 0 Å². The first-order valence-electron chi connectivity index (χ1n) is 9.88. The van der Waals surface area contributed by atoms with Crippen molar-refractivity contribution in [2.24, 2.45) is 0 Å². The van der Waals surface area contributed by atoms with Crippen LogP contribution in [0.3, 0.4) is 0 Å². The first-order valence-corrected chi connectivity index (χ1v) is 9.88. The first-order chi connectivity index (χ1) is 14.1. The van der Waals surface area contributed by atoms with E-state index in [0.717, 1.165) is 30.1 Å². The lowest BCUT2D eigenvalue weighted by Crippen LogP contribution is -2.18. The van der Waals surface area contributed by atoms with Crippen molar-refractivity contribution in [1.29, 1.82) is 0 Å². The van der Waals surface area contributed by atoms with Crippen LogP contribution in [0.4, 0.5) is 11.4 Å². The maximum atomic E-state index is 12.5. The molecule has 0 bridgehead atoms. The van der Waals surface area contributed by atoms with E-state index in [-0.39, 0.29) is 12.3 Å². The Morgan fingerprint density at radius 2 is 1.93 bits per heavy atom. The number of nitrogens with one attached hydrogen (secondary N) is 1. The van der Waals surface area contributed by atoms with Crippen LogP contribution in [0.5, 0.6) is 5.75 Å². The summed E-state index contributed by atoms with van der Waals surface area (Å²) in [5.74, 6) is 1.74. The Morgan fingerprint density at radius 1 is 1.17 bits per heavy atom. The van der Waals surface area contributed by atoms with E-state index in [0.29, 0.717) is 17.3 Å². The molecule has 3 aromatic rings. The lowest BCUT2D eigenvalue weighted by Gasteiger charge is -2.17. The molecular weight excluding hydrogens is 366 g/mol. The number of carbonyl (C=O) groups is 1. The number of anilines is 2. The van der Waals surface area contributed by atoms with Crippen LogP contribution in [-0.2, 0) is 11.2 Å². The molecule has 0 aliphatic carbocycles. The molecule has 0 atom stereocenters. The highest BCUT2D eigenvalue weighted by Crippen LogP contribution is 2.26. The van der Waals surface area contributed by atoms with Gasteiger partial charge in [0.2, 0.25) is 11.8 Å². The van der Waals surface area contributed by atoms with Crippen LogP contribution in [0.25, 0.3) is 11.5 Å². The van der Waals surface area contributed by atoms with E-state index in [2.05, 4.69) is 27.3 Å². The first kappa shape index (κ1) is 19.1. The average molecular weight is 391 g/mol. The molecule has 6 heteroatoms. The van der Waals surface area contributed by atoms with E-state index in [1.165, 1.54) is 18.5 Å². The molecule has 1 aromatic heterocycles. The lowest BCUT2D eigenvalue weighted by atomic mass is 10.2. The predicted molar refractivity (Wildman–Crippen MR) is 113 cm³/mol. The standard InChI is InChI=1S/C23H25N3O3/c1-16-21(25-23(29-16)17-6-5-7-20(14-17)28-2)15-22(27)24-18-8-10-19(11-9-18)26-12-3-4-13-26/h5-11,14H,3-4,12-13,15H2,1-2H3,(H,24,27). The van der Waals surface area contributed by atoms with Crippen molar-refractivity contribution in [3.8, 4) is 17.2 Å². The normalized spacial score (nSPS) is 13.5. The third-order valence-electron chi connectivity index (χ3n) is 5.16. The molecule has 29 heavy (non-hydrogen) atoms. The summed E-state index contributed by atoms with van der Waals surface area (Å²) in [6, 6.07) is 15.5. The maximum Gasteiger partial charge on any atom is 0.230 e. The van der Waals surface area contributed by atoms with Crippen LogP contribution >= 0.6 is 0 Å². The van der Waals surface area contributed by atoms with E-state index < -0.39 is 0 Å². The van der Waals surface area contributed by atoms with Gasteiger partial charge < -0.3 is 19.4 Å². The van der Waals surface area contributed by atoms with Crippen molar-refractivity contribution in [3.05, 3.63) is 60.0 Å². The van der Waals surface area contributed by atoms with Gasteiger partial charge in [0.1, 0.15) is 11.5 Å². The summed E-state index contributed by atoms with van der Waals surface area (Å²) in [5.41, 5.74) is 3.44. The number of amides is 1. The number of benzene rings is 2. The monoisotopic (exact) mass is 391 g/mol. The van der Waals surface area contributed by atoms with Crippen LogP contribution in [0.2, 0.25) is 0 Å². The van der Waals surface area contributed by atoms with Gasteiger partial charge in [0.05, 0.1) is 19.2 Å². The SMILES string of the molecule is COc1cccc(-c2nc(CC(=O)Nc3ccc(N4CCCC4)cc3)c(C)o2)c1. The number of carbonyl (C=O) groups excluding carboxylic acids is 1. The molecule has 2 aromatic carbocycles. The van der Waals surface area contributed by atoms with Crippen molar-refractivity contribution in [1.82, 2.24) is 4.98 Å². The largest absolute Gasteiger partial charge is 0.497 e. The van der Waals surface area contributed by atoms with E-state index in [4.69, 9.17) is 9.15 Å². The van der Waals surface area contributed by atoms with Crippen LogP contribution in [0.15, 0.2) is 52.9 Å². The summed E-state index contributed by atoms with van der Waals surface area (Å²) < 4.78 is 11.0. The molecule has 6 nitrogen and oxygen atoms in total. The highest BCUT2D eigenvalue weighted by molar-refractivity contribution is 5.92. The molecule has 1 N–H and O–H groups in total. The molecule has 150 valence electrons. The lowest BCUT2D eigenvalue weighted by molar-refractivity contribution is -0.115. The Bertz CT molecular complexity index is 989. The number of nitrogens with zero attached hydrogens (tertiary/aromatic N) is 2. The van der Waals surface area contributed by atoms with Gasteiger partial charge in [-0.3, -0.25) is 4.79 Å². The summed E-state index contributed by atoms with van der Waals surface area (Å²) >= 11 is 0. The highest BCUT2D eigenvalue weighted by atomic mass is 16.5. The van der Waals surface area contributed by atoms with Crippen molar-refractivity contribution in [2.75, 3.05) is 30.4 Å². The molecule has 1 aliphatic rings. The zero-order valence-corrected chi connectivity index (χ0v) is 16.8. The fraction of sp³-hybridized carbons (Fsp3) is 0.304. The second kappa shape index (κ2) is 8.39. The molecule has 2 heterocycles. The molecule has 0 spiro atoms. The molecule has 1 amide bonds. The van der Waals surface area contributed by atoms with Crippen molar-refractivity contribution in [3.63, 3.8) is 0 Å². The third kappa shape index (κ3) is 4.42. The second-order valence-corrected chi connectivity index (χ2v) is 7.22. The number of rotatable bonds is 6. The van der Waals surface area contributed by atoms with Gasteiger partial charge in [-0.05, 0) is 62.2 Å². The quantitative estimate of drug-likeness (QED) is 0.673. The smallest absolute Gasteiger partial charge is 0.230 e. The predicted octanol–water partition coefficient (Wildman–Crippen LogP) is 4.44. The molecule has 0 radical (unpaired) electrons. The Hall–Kier alpha value is -3.28. The van der Waals surface area contributed by atoms with Gasteiger partial charge in [-0.25, -0.2) is 4.98 Å². The summed E-state index contributed by atoms with van der Waals surface area (Å²) in [6.07, 6.45) is 2.65. The summed E-state index contributed by atoms with van der Waals surface area (Å²) in [4.78, 5) is 19.4. The van der Waals surface area contributed by atoms with Gasteiger partial charge in [0, 0.05) is 30.0 Å². The van der Waals surface area contributed by atoms with Gasteiger partial charge in [0.15, 0.2) is 0 Å². The van der Waals surface area contributed by atoms with Gasteiger partial charge >= 0.3 is 0 Å². The third-order valence-corrected chi connectivity index (χ3v) is 5.16. The molecule has 0 saturated carbocycles. The minimum Gasteiger partial charge on any atom is -0.497 e. The Labute approximate surface area is 170 Å². The molecular formula is C23H25N3O3. The van der Waals surface area contributed by atoms with Gasteiger partial charge in [0.25, 0.3) is 0 Å². The van der Waals surface area contributed by atoms with Crippen LogP contribution in [-0.4, -0.2) is 31.1 Å². The Kier molecular flexibility index (Phi) is 5.51. The van der Waals surface area contributed by atoms with E-state index in [9.17, 15) is 4.79 Å². The minimum absolute atomic E-state index is 0.118.